The van der Waals surface area contributed by atoms with Crippen molar-refractivity contribution in [2.45, 2.75) is 25.7 Å². The van der Waals surface area contributed by atoms with Crippen LogP contribution in [0.25, 0.3) is 0 Å². The van der Waals surface area contributed by atoms with Crippen molar-refractivity contribution in [2.75, 3.05) is 6.61 Å². The minimum Gasteiger partial charge on any atom is -0.347 e. The Morgan fingerprint density at radius 3 is 2.47 bits per heavy atom. The van der Waals surface area contributed by atoms with Crippen molar-refractivity contribution < 1.29 is 14.3 Å². The van der Waals surface area contributed by atoms with Crippen molar-refractivity contribution in [3.05, 3.63) is 35.4 Å². The van der Waals surface area contributed by atoms with Crippen molar-refractivity contribution in [1.29, 1.82) is 0 Å². The van der Waals surface area contributed by atoms with Gasteiger partial charge < -0.3 is 9.47 Å². The number of rotatable bonds is 2. The van der Waals surface area contributed by atoms with Gasteiger partial charge in [-0.15, -0.1) is 0 Å². The third-order valence-corrected chi connectivity index (χ3v) is 2.45. The zero-order valence-corrected chi connectivity index (χ0v) is 8.90. The lowest BCUT2D eigenvalue weighted by atomic mass is 10.1. The summed E-state index contributed by atoms with van der Waals surface area (Å²) < 4.78 is 11.2. The maximum Gasteiger partial charge on any atom is 0.163 e. The van der Waals surface area contributed by atoms with Gasteiger partial charge in [0.05, 0.1) is 6.61 Å². The Bertz CT molecular complexity index is 354. The number of benzene rings is 1. The summed E-state index contributed by atoms with van der Waals surface area (Å²) in [6, 6.07) is 7.38. The van der Waals surface area contributed by atoms with Crippen molar-refractivity contribution in [2.24, 2.45) is 0 Å². The largest absolute Gasteiger partial charge is 0.347 e. The SMILES string of the molecule is CC1(C)OCC(c2ccc(C=O)cc2)O1. The first-order chi connectivity index (χ1) is 7.11. The summed E-state index contributed by atoms with van der Waals surface area (Å²) >= 11 is 0. The molecule has 0 aliphatic carbocycles. The molecule has 1 atom stereocenters. The number of carbonyl (C=O) groups is 1. The van der Waals surface area contributed by atoms with Crippen LogP contribution < -0.4 is 0 Å². The second-order valence-electron chi connectivity index (χ2n) is 4.10. The Morgan fingerprint density at radius 2 is 2.00 bits per heavy atom. The first kappa shape index (κ1) is 10.3. The number of hydrogen-bond donors (Lipinski definition) is 0. The van der Waals surface area contributed by atoms with Gasteiger partial charge >= 0.3 is 0 Å². The van der Waals surface area contributed by atoms with Gasteiger partial charge in [-0.25, -0.2) is 0 Å². The molecule has 0 N–H and O–H groups in total. The normalized spacial score (nSPS) is 24.0. The molecule has 15 heavy (non-hydrogen) atoms. The van der Waals surface area contributed by atoms with E-state index in [9.17, 15) is 4.79 Å². The highest BCUT2D eigenvalue weighted by molar-refractivity contribution is 5.74. The van der Waals surface area contributed by atoms with E-state index in [1.165, 1.54) is 0 Å². The molecule has 1 unspecified atom stereocenters. The topological polar surface area (TPSA) is 35.5 Å². The summed E-state index contributed by atoms with van der Waals surface area (Å²) in [4.78, 5) is 10.5. The monoisotopic (exact) mass is 206 g/mol. The van der Waals surface area contributed by atoms with Gasteiger partial charge in [0.1, 0.15) is 12.4 Å². The van der Waals surface area contributed by atoms with Crippen LogP contribution in [0.3, 0.4) is 0 Å². The van der Waals surface area contributed by atoms with Crippen molar-refractivity contribution in [3.8, 4) is 0 Å². The van der Waals surface area contributed by atoms with Crippen molar-refractivity contribution in [3.63, 3.8) is 0 Å². The van der Waals surface area contributed by atoms with Gasteiger partial charge in [-0.2, -0.15) is 0 Å². The van der Waals surface area contributed by atoms with Gasteiger partial charge in [-0.1, -0.05) is 24.3 Å². The molecule has 1 aliphatic rings. The van der Waals surface area contributed by atoms with E-state index in [-0.39, 0.29) is 6.10 Å². The predicted molar refractivity (Wildman–Crippen MR) is 55.7 cm³/mol. The second-order valence-corrected chi connectivity index (χ2v) is 4.10. The molecular formula is C12H14O3. The summed E-state index contributed by atoms with van der Waals surface area (Å²) in [5.41, 5.74) is 1.73. The fourth-order valence-electron chi connectivity index (χ4n) is 1.64. The molecule has 80 valence electrons. The zero-order valence-electron chi connectivity index (χ0n) is 8.90. The van der Waals surface area contributed by atoms with Crippen LogP contribution in [0.5, 0.6) is 0 Å². The van der Waals surface area contributed by atoms with E-state index in [2.05, 4.69) is 0 Å². The molecule has 0 aromatic heterocycles. The Balaban J connectivity index is 2.14. The van der Waals surface area contributed by atoms with E-state index >= 15 is 0 Å². The molecule has 1 heterocycles. The number of carbonyl (C=O) groups excluding carboxylic acids is 1. The van der Waals surface area contributed by atoms with Crippen LogP contribution in [0.15, 0.2) is 24.3 Å². The molecule has 1 aliphatic heterocycles. The average Bonchev–Trinajstić information content (AvgIpc) is 2.59. The molecule has 2 rings (SSSR count). The summed E-state index contributed by atoms with van der Waals surface area (Å²) in [6.07, 6.45) is 0.806. The minimum atomic E-state index is -0.506. The molecular weight excluding hydrogens is 192 g/mol. The number of ether oxygens (including phenoxy) is 2. The van der Waals surface area contributed by atoms with Crippen LogP contribution in [0.4, 0.5) is 0 Å². The molecule has 0 spiro atoms. The number of aldehydes is 1. The Labute approximate surface area is 89.0 Å². The van der Waals surface area contributed by atoms with Crippen LogP contribution >= 0.6 is 0 Å². The molecule has 0 bridgehead atoms. The van der Waals surface area contributed by atoms with Gasteiger partial charge in [0.15, 0.2) is 5.79 Å². The van der Waals surface area contributed by atoms with Gasteiger partial charge in [0.2, 0.25) is 0 Å². The van der Waals surface area contributed by atoms with Crippen LogP contribution in [0, 0.1) is 0 Å². The van der Waals surface area contributed by atoms with Crippen molar-refractivity contribution >= 4 is 6.29 Å². The fourth-order valence-corrected chi connectivity index (χ4v) is 1.64. The summed E-state index contributed by atoms with van der Waals surface area (Å²) in [5, 5.41) is 0. The maximum atomic E-state index is 10.5. The van der Waals surface area contributed by atoms with E-state index < -0.39 is 5.79 Å². The highest BCUT2D eigenvalue weighted by Crippen LogP contribution is 2.32. The lowest BCUT2D eigenvalue weighted by Crippen LogP contribution is -2.19. The highest BCUT2D eigenvalue weighted by Gasteiger charge is 2.33. The lowest BCUT2D eigenvalue weighted by Gasteiger charge is -2.17. The van der Waals surface area contributed by atoms with Crippen LogP contribution in [-0.2, 0) is 9.47 Å². The quantitative estimate of drug-likeness (QED) is 0.696. The molecule has 3 nitrogen and oxygen atoms in total. The molecule has 3 heteroatoms. The average molecular weight is 206 g/mol. The Kier molecular flexibility index (Phi) is 2.59. The molecule has 1 aromatic rings. The van der Waals surface area contributed by atoms with Gasteiger partial charge in [0.25, 0.3) is 0 Å². The fraction of sp³-hybridized carbons (Fsp3) is 0.417. The lowest BCUT2D eigenvalue weighted by molar-refractivity contribution is -0.139. The van der Waals surface area contributed by atoms with Gasteiger partial charge in [0, 0.05) is 5.56 Å². The standard InChI is InChI=1S/C12H14O3/c1-12(2)14-8-11(15-12)10-5-3-9(7-13)4-6-10/h3-7,11H,8H2,1-2H3. The van der Waals surface area contributed by atoms with Crippen LogP contribution in [0.2, 0.25) is 0 Å². The molecule has 0 amide bonds. The van der Waals surface area contributed by atoms with E-state index in [1.807, 2.05) is 26.0 Å². The minimum absolute atomic E-state index is 0.0271. The van der Waals surface area contributed by atoms with E-state index in [1.54, 1.807) is 12.1 Å². The second kappa shape index (κ2) is 3.76. The summed E-state index contributed by atoms with van der Waals surface area (Å²) in [7, 11) is 0. The first-order valence-corrected chi connectivity index (χ1v) is 4.98. The first-order valence-electron chi connectivity index (χ1n) is 4.98. The molecule has 1 fully saturated rings. The summed E-state index contributed by atoms with van der Waals surface area (Å²) in [6.45, 7) is 4.35. The van der Waals surface area contributed by atoms with Crippen LogP contribution in [-0.4, -0.2) is 18.7 Å². The van der Waals surface area contributed by atoms with E-state index in [4.69, 9.17) is 9.47 Å². The molecule has 0 saturated carbocycles. The predicted octanol–water partition coefficient (Wildman–Crippen LogP) is 2.32. The Hall–Kier alpha value is -1.19. The van der Waals surface area contributed by atoms with Gasteiger partial charge in [-0.05, 0) is 19.4 Å². The third kappa shape index (κ3) is 2.25. The highest BCUT2D eigenvalue weighted by atomic mass is 16.7. The molecule has 1 aromatic carbocycles. The third-order valence-electron chi connectivity index (χ3n) is 2.45. The zero-order chi connectivity index (χ0) is 10.9. The summed E-state index contributed by atoms with van der Waals surface area (Å²) in [5.74, 6) is -0.506. The smallest absolute Gasteiger partial charge is 0.163 e. The van der Waals surface area contributed by atoms with Crippen molar-refractivity contribution in [1.82, 2.24) is 0 Å². The van der Waals surface area contributed by atoms with Gasteiger partial charge in [-0.3, -0.25) is 4.79 Å². The molecule has 1 saturated heterocycles. The number of hydrogen-bond acceptors (Lipinski definition) is 3. The molecule has 0 radical (unpaired) electrons. The van der Waals surface area contributed by atoms with Crippen LogP contribution in [0.1, 0.15) is 35.9 Å². The van der Waals surface area contributed by atoms with E-state index in [0.717, 1.165) is 11.8 Å². The maximum absolute atomic E-state index is 10.5. The Morgan fingerprint density at radius 1 is 1.33 bits per heavy atom. The van der Waals surface area contributed by atoms with E-state index in [0.29, 0.717) is 12.2 Å².